The Morgan fingerprint density at radius 3 is 2.53 bits per heavy atom. The summed E-state index contributed by atoms with van der Waals surface area (Å²) in [6.45, 7) is 3.64. The molecule has 182 valence electrons. The summed E-state index contributed by atoms with van der Waals surface area (Å²) >= 11 is 1.64. The van der Waals surface area contributed by atoms with Gasteiger partial charge in [0.2, 0.25) is 5.91 Å². The number of carbonyl (C=O) groups excluding carboxylic acids is 3. The van der Waals surface area contributed by atoms with E-state index in [0.717, 1.165) is 22.6 Å². The molecule has 2 aliphatic heterocycles. The van der Waals surface area contributed by atoms with Crippen molar-refractivity contribution >= 4 is 29.2 Å². The molecule has 1 aromatic carbocycles. The Morgan fingerprint density at radius 2 is 1.91 bits per heavy atom. The van der Waals surface area contributed by atoms with Crippen molar-refractivity contribution in [2.24, 2.45) is 5.92 Å². The second kappa shape index (κ2) is 10.6. The van der Waals surface area contributed by atoms with E-state index < -0.39 is 5.54 Å². The number of likely N-dealkylation sites (tertiary alicyclic amines) is 1. The molecule has 0 bridgehead atoms. The lowest BCUT2D eigenvalue weighted by molar-refractivity contribution is -0.136. The standard InChI is InChI=1S/C26H33N3O4S/c1-3-13-26(24(31)29(25(32)27-26)16-12-22-5-4-17-34-22)20-10-14-28(15-11-20)23(30)18-19-6-8-21(33-2)9-7-19/h4-9,17,20H,3,10-16,18H2,1-2H3,(H,27,32). The summed E-state index contributed by atoms with van der Waals surface area (Å²) in [5.41, 5.74) is 0.0989. The van der Waals surface area contributed by atoms with Crippen molar-refractivity contribution in [3.8, 4) is 5.75 Å². The van der Waals surface area contributed by atoms with Crippen LogP contribution in [0.4, 0.5) is 4.79 Å². The quantitative estimate of drug-likeness (QED) is 0.549. The number of methoxy groups -OCH3 is 1. The molecule has 4 amide bonds. The largest absolute Gasteiger partial charge is 0.497 e. The second-order valence-corrected chi connectivity index (χ2v) is 10.1. The third-order valence-corrected chi connectivity index (χ3v) is 8.00. The molecule has 3 heterocycles. The SMILES string of the molecule is CCCC1(C2CCN(C(=O)Cc3ccc(OC)cc3)CC2)NC(=O)N(CCc2cccs2)C1=O. The molecule has 0 aliphatic carbocycles. The molecule has 0 radical (unpaired) electrons. The number of amides is 4. The smallest absolute Gasteiger partial charge is 0.325 e. The van der Waals surface area contributed by atoms with Crippen LogP contribution in [0.2, 0.25) is 0 Å². The average molecular weight is 484 g/mol. The molecule has 7 nitrogen and oxygen atoms in total. The van der Waals surface area contributed by atoms with Crippen LogP contribution in [0.15, 0.2) is 41.8 Å². The zero-order valence-corrected chi connectivity index (χ0v) is 20.7. The Balaban J connectivity index is 1.38. The first kappa shape index (κ1) is 24.3. The molecule has 4 rings (SSSR count). The fourth-order valence-corrected chi connectivity index (χ4v) is 5.92. The first-order valence-electron chi connectivity index (χ1n) is 12.0. The summed E-state index contributed by atoms with van der Waals surface area (Å²) < 4.78 is 5.18. The summed E-state index contributed by atoms with van der Waals surface area (Å²) in [5.74, 6) is 0.790. The highest BCUT2D eigenvalue weighted by Crippen LogP contribution is 2.37. The van der Waals surface area contributed by atoms with Gasteiger partial charge >= 0.3 is 6.03 Å². The van der Waals surface area contributed by atoms with E-state index in [1.807, 2.05) is 53.6 Å². The number of ether oxygens (including phenoxy) is 1. The minimum absolute atomic E-state index is 0.0284. The van der Waals surface area contributed by atoms with Gasteiger partial charge in [0.15, 0.2) is 0 Å². The fourth-order valence-electron chi connectivity index (χ4n) is 5.22. The highest BCUT2D eigenvalue weighted by atomic mass is 32.1. The molecule has 8 heteroatoms. The molecule has 2 fully saturated rings. The zero-order valence-electron chi connectivity index (χ0n) is 19.9. The van der Waals surface area contributed by atoms with Gasteiger partial charge in [-0.3, -0.25) is 14.5 Å². The Hall–Kier alpha value is -2.87. The summed E-state index contributed by atoms with van der Waals surface area (Å²) in [5, 5.41) is 5.09. The number of nitrogens with zero attached hydrogens (tertiary/aromatic N) is 2. The highest BCUT2D eigenvalue weighted by Gasteiger charge is 2.55. The molecule has 2 aliphatic rings. The van der Waals surface area contributed by atoms with Gasteiger partial charge in [0.25, 0.3) is 5.91 Å². The third-order valence-electron chi connectivity index (χ3n) is 7.07. The molecule has 1 atom stereocenters. The highest BCUT2D eigenvalue weighted by molar-refractivity contribution is 7.09. The van der Waals surface area contributed by atoms with E-state index in [1.54, 1.807) is 18.4 Å². The van der Waals surface area contributed by atoms with Crippen molar-refractivity contribution in [1.29, 1.82) is 0 Å². The van der Waals surface area contributed by atoms with Crippen LogP contribution >= 0.6 is 11.3 Å². The van der Waals surface area contributed by atoms with Crippen LogP contribution < -0.4 is 10.1 Å². The van der Waals surface area contributed by atoms with Crippen LogP contribution in [0, 0.1) is 5.92 Å². The van der Waals surface area contributed by atoms with Gasteiger partial charge in [0, 0.05) is 24.5 Å². The first-order chi connectivity index (χ1) is 16.5. The van der Waals surface area contributed by atoms with Crippen molar-refractivity contribution in [1.82, 2.24) is 15.1 Å². The van der Waals surface area contributed by atoms with Gasteiger partial charge in [-0.15, -0.1) is 11.3 Å². The van der Waals surface area contributed by atoms with Gasteiger partial charge < -0.3 is 15.0 Å². The van der Waals surface area contributed by atoms with Crippen molar-refractivity contribution in [2.75, 3.05) is 26.7 Å². The van der Waals surface area contributed by atoms with Gasteiger partial charge in [-0.05, 0) is 60.7 Å². The lowest BCUT2D eigenvalue weighted by Crippen LogP contribution is -2.56. The predicted octanol–water partition coefficient (Wildman–Crippen LogP) is 3.87. The lowest BCUT2D eigenvalue weighted by Gasteiger charge is -2.41. The maximum absolute atomic E-state index is 13.6. The van der Waals surface area contributed by atoms with Gasteiger partial charge in [-0.25, -0.2) is 4.79 Å². The average Bonchev–Trinajstić information content (AvgIpc) is 3.45. The molecular weight excluding hydrogens is 450 g/mol. The Labute approximate surface area is 205 Å². The summed E-state index contributed by atoms with van der Waals surface area (Å²) in [4.78, 5) is 43.7. The number of urea groups is 1. The van der Waals surface area contributed by atoms with E-state index in [2.05, 4.69) is 5.32 Å². The van der Waals surface area contributed by atoms with E-state index in [9.17, 15) is 14.4 Å². The first-order valence-corrected chi connectivity index (χ1v) is 12.9. The molecule has 0 saturated carbocycles. The number of nitrogens with one attached hydrogen (secondary N) is 1. The zero-order chi connectivity index (χ0) is 24.1. The van der Waals surface area contributed by atoms with Crippen molar-refractivity contribution in [3.63, 3.8) is 0 Å². The second-order valence-electron chi connectivity index (χ2n) is 9.12. The Kier molecular flexibility index (Phi) is 7.56. The minimum atomic E-state index is -0.855. The van der Waals surface area contributed by atoms with Gasteiger partial charge in [-0.2, -0.15) is 0 Å². The molecule has 1 N–H and O–H groups in total. The molecule has 34 heavy (non-hydrogen) atoms. The summed E-state index contributed by atoms with van der Waals surface area (Å²) in [7, 11) is 1.62. The van der Waals surface area contributed by atoms with Crippen LogP contribution in [0.1, 0.15) is 43.0 Å². The number of thiophene rings is 1. The van der Waals surface area contributed by atoms with Crippen LogP contribution in [-0.2, 0) is 22.4 Å². The summed E-state index contributed by atoms with van der Waals surface area (Å²) in [6, 6.07) is 11.3. The normalized spacial score (nSPS) is 21.1. The fraction of sp³-hybridized carbons (Fsp3) is 0.500. The minimum Gasteiger partial charge on any atom is -0.497 e. The molecule has 1 unspecified atom stereocenters. The third kappa shape index (κ3) is 4.97. The number of carbonyl (C=O) groups is 3. The van der Waals surface area contributed by atoms with Crippen LogP contribution in [0.5, 0.6) is 5.75 Å². The number of piperidine rings is 1. The number of benzene rings is 1. The maximum atomic E-state index is 13.6. The van der Waals surface area contributed by atoms with Crippen LogP contribution in [0.3, 0.4) is 0 Å². The number of hydrogen-bond acceptors (Lipinski definition) is 5. The van der Waals surface area contributed by atoms with Gasteiger partial charge in [0.1, 0.15) is 11.3 Å². The van der Waals surface area contributed by atoms with Crippen molar-refractivity contribution < 1.29 is 19.1 Å². The van der Waals surface area contributed by atoms with Crippen molar-refractivity contribution in [3.05, 3.63) is 52.2 Å². The van der Waals surface area contributed by atoms with Crippen LogP contribution in [-0.4, -0.2) is 59.9 Å². The Morgan fingerprint density at radius 1 is 1.18 bits per heavy atom. The molecular formula is C26H33N3O4S. The van der Waals surface area contributed by atoms with E-state index in [0.29, 0.717) is 51.7 Å². The number of imide groups is 1. The van der Waals surface area contributed by atoms with E-state index in [4.69, 9.17) is 4.74 Å². The molecule has 0 spiro atoms. The van der Waals surface area contributed by atoms with Gasteiger partial charge in [0.05, 0.1) is 13.5 Å². The van der Waals surface area contributed by atoms with Gasteiger partial charge in [-0.1, -0.05) is 31.5 Å². The lowest BCUT2D eigenvalue weighted by atomic mass is 9.74. The van der Waals surface area contributed by atoms with Crippen LogP contribution in [0.25, 0.3) is 0 Å². The maximum Gasteiger partial charge on any atom is 0.325 e. The topological polar surface area (TPSA) is 79.0 Å². The van der Waals surface area contributed by atoms with E-state index in [-0.39, 0.29) is 23.8 Å². The van der Waals surface area contributed by atoms with E-state index in [1.165, 1.54) is 4.90 Å². The Bertz CT molecular complexity index is 1000. The molecule has 1 aromatic heterocycles. The number of rotatable bonds is 9. The molecule has 2 aromatic rings. The van der Waals surface area contributed by atoms with Crippen molar-refractivity contribution in [2.45, 2.75) is 51.0 Å². The number of hydrogen-bond donors (Lipinski definition) is 1. The summed E-state index contributed by atoms with van der Waals surface area (Å²) in [6.07, 6.45) is 3.87. The van der Waals surface area contributed by atoms with E-state index >= 15 is 0 Å². The predicted molar refractivity (Wildman–Crippen MR) is 132 cm³/mol. The molecule has 2 saturated heterocycles. The monoisotopic (exact) mass is 483 g/mol.